The van der Waals surface area contributed by atoms with Gasteiger partial charge in [-0.25, -0.2) is 0 Å². The largest absolute Gasteiger partial charge is 0.318 e. The van der Waals surface area contributed by atoms with Crippen molar-refractivity contribution in [2.75, 3.05) is 11.5 Å². The number of carbonyl (C=O) groups is 1. The lowest BCUT2D eigenvalue weighted by molar-refractivity contribution is -0.132. The van der Waals surface area contributed by atoms with E-state index in [0.29, 0.717) is 11.9 Å². The first-order valence-electron chi connectivity index (χ1n) is 7.82. The lowest BCUT2D eigenvalue weighted by atomic mass is 10.2. The zero-order valence-electron chi connectivity index (χ0n) is 13.0. The zero-order valence-corrected chi connectivity index (χ0v) is 14.6. The van der Waals surface area contributed by atoms with Crippen LogP contribution in [-0.2, 0) is 4.79 Å². The van der Waals surface area contributed by atoms with Crippen molar-refractivity contribution < 1.29 is 4.79 Å². The molecule has 1 saturated carbocycles. The fourth-order valence-electron chi connectivity index (χ4n) is 3.04. The molecule has 1 N–H and O–H groups in total. The molecule has 0 bridgehead atoms. The molecule has 1 spiro atoms. The predicted octanol–water partition coefficient (Wildman–Crippen LogP) is 3.55. The Hall–Kier alpha value is -0.520. The van der Waals surface area contributed by atoms with Gasteiger partial charge in [0.05, 0.1) is 0 Å². The number of amides is 1. The van der Waals surface area contributed by atoms with Crippen molar-refractivity contribution in [3.05, 3.63) is 21.9 Å². The Morgan fingerprint density at radius 3 is 2.86 bits per heavy atom. The van der Waals surface area contributed by atoms with E-state index in [2.05, 4.69) is 43.1 Å². The highest BCUT2D eigenvalue weighted by Gasteiger charge is 2.60. The van der Waals surface area contributed by atoms with E-state index in [9.17, 15) is 4.79 Å². The standard InChI is InChI=1S/C16H24N2OS2/c1-4-20-10-7-11(2)18-14(13-6-5-12(3)21-13)17-16(8-9-16)15(18)19/h5-6,11,14,17H,4,7-10H2,1-3H3. The van der Waals surface area contributed by atoms with Gasteiger partial charge in [0.2, 0.25) is 5.91 Å². The first-order chi connectivity index (χ1) is 10.1. The second-order valence-corrected chi connectivity index (χ2v) is 8.84. The van der Waals surface area contributed by atoms with Crippen LogP contribution in [0.15, 0.2) is 12.1 Å². The van der Waals surface area contributed by atoms with Crippen LogP contribution in [0.1, 0.15) is 49.0 Å². The lowest BCUT2D eigenvalue weighted by Gasteiger charge is -2.30. The average Bonchev–Trinajstić information content (AvgIpc) is 3.02. The summed E-state index contributed by atoms with van der Waals surface area (Å²) >= 11 is 3.76. The van der Waals surface area contributed by atoms with Gasteiger partial charge < -0.3 is 4.90 Å². The Morgan fingerprint density at radius 1 is 1.52 bits per heavy atom. The molecule has 2 fully saturated rings. The van der Waals surface area contributed by atoms with Gasteiger partial charge in [0, 0.05) is 15.8 Å². The smallest absolute Gasteiger partial charge is 0.244 e. The number of nitrogens with zero attached hydrogens (tertiary/aromatic N) is 1. The summed E-state index contributed by atoms with van der Waals surface area (Å²) in [6, 6.07) is 4.63. The number of hydrogen-bond acceptors (Lipinski definition) is 4. The molecule has 21 heavy (non-hydrogen) atoms. The molecule has 3 nitrogen and oxygen atoms in total. The molecule has 2 atom stereocenters. The van der Waals surface area contributed by atoms with E-state index in [-0.39, 0.29) is 11.7 Å². The highest BCUT2D eigenvalue weighted by molar-refractivity contribution is 7.99. The molecule has 2 unspecified atom stereocenters. The predicted molar refractivity (Wildman–Crippen MR) is 90.8 cm³/mol. The quantitative estimate of drug-likeness (QED) is 0.812. The molecule has 1 amide bonds. The van der Waals surface area contributed by atoms with Crippen LogP contribution in [0.25, 0.3) is 0 Å². The summed E-state index contributed by atoms with van der Waals surface area (Å²) in [7, 11) is 0. The highest BCUT2D eigenvalue weighted by atomic mass is 32.2. The van der Waals surface area contributed by atoms with Gasteiger partial charge in [-0.2, -0.15) is 11.8 Å². The SMILES string of the molecule is CCSCCC(C)N1C(=O)C2(CC2)NC1c1ccc(C)s1. The fourth-order valence-corrected chi connectivity index (χ4v) is 4.77. The molecule has 2 aliphatic rings. The summed E-state index contributed by atoms with van der Waals surface area (Å²) in [5.74, 6) is 2.61. The summed E-state index contributed by atoms with van der Waals surface area (Å²) in [6.45, 7) is 6.52. The fraction of sp³-hybridized carbons (Fsp3) is 0.688. The molecule has 1 aromatic heterocycles. The van der Waals surface area contributed by atoms with Gasteiger partial charge in [0.25, 0.3) is 0 Å². The van der Waals surface area contributed by atoms with Crippen LogP contribution < -0.4 is 5.32 Å². The summed E-state index contributed by atoms with van der Waals surface area (Å²) < 4.78 is 0. The number of carbonyl (C=O) groups excluding carboxylic acids is 1. The Balaban J connectivity index is 1.78. The third-order valence-electron chi connectivity index (χ3n) is 4.47. The van der Waals surface area contributed by atoms with E-state index in [0.717, 1.165) is 30.8 Å². The Kier molecular flexibility index (Phi) is 4.35. The van der Waals surface area contributed by atoms with Crippen LogP contribution in [0, 0.1) is 6.92 Å². The van der Waals surface area contributed by atoms with Crippen molar-refractivity contribution >= 4 is 29.0 Å². The molecular weight excluding hydrogens is 300 g/mol. The second kappa shape index (κ2) is 5.94. The molecule has 0 aromatic carbocycles. The van der Waals surface area contributed by atoms with E-state index < -0.39 is 0 Å². The third-order valence-corrected chi connectivity index (χ3v) is 6.46. The van der Waals surface area contributed by atoms with Crippen LogP contribution in [0.2, 0.25) is 0 Å². The maximum atomic E-state index is 12.8. The first-order valence-corrected chi connectivity index (χ1v) is 9.79. The van der Waals surface area contributed by atoms with Crippen molar-refractivity contribution in [1.29, 1.82) is 0 Å². The number of nitrogens with one attached hydrogen (secondary N) is 1. The van der Waals surface area contributed by atoms with Crippen molar-refractivity contribution in [3.8, 4) is 0 Å². The molecule has 1 aromatic rings. The Bertz CT molecular complexity index is 524. The van der Waals surface area contributed by atoms with Gasteiger partial charge in [-0.15, -0.1) is 11.3 Å². The zero-order chi connectivity index (χ0) is 15.0. The van der Waals surface area contributed by atoms with Crippen LogP contribution in [-0.4, -0.2) is 33.9 Å². The van der Waals surface area contributed by atoms with Gasteiger partial charge >= 0.3 is 0 Å². The number of rotatable bonds is 6. The van der Waals surface area contributed by atoms with E-state index in [4.69, 9.17) is 0 Å². The van der Waals surface area contributed by atoms with Crippen LogP contribution in [0.3, 0.4) is 0 Å². The minimum absolute atomic E-state index is 0.0836. The Labute approximate surface area is 135 Å². The molecule has 1 saturated heterocycles. The number of thiophene rings is 1. The molecule has 2 heterocycles. The third kappa shape index (κ3) is 2.88. The molecule has 1 aliphatic heterocycles. The number of thioether (sulfide) groups is 1. The van der Waals surface area contributed by atoms with Gasteiger partial charge in [0.15, 0.2) is 0 Å². The summed E-state index contributed by atoms with van der Waals surface area (Å²) in [5, 5.41) is 3.62. The van der Waals surface area contributed by atoms with Gasteiger partial charge in [0.1, 0.15) is 11.7 Å². The van der Waals surface area contributed by atoms with Crippen molar-refractivity contribution in [2.45, 2.75) is 57.8 Å². The first kappa shape index (κ1) is 15.4. The molecule has 1 aliphatic carbocycles. The van der Waals surface area contributed by atoms with E-state index in [1.54, 1.807) is 11.3 Å². The van der Waals surface area contributed by atoms with E-state index >= 15 is 0 Å². The molecule has 3 rings (SSSR count). The molecule has 5 heteroatoms. The molecule has 0 radical (unpaired) electrons. The number of aryl methyl sites for hydroxylation is 1. The lowest BCUT2D eigenvalue weighted by Crippen LogP contribution is -2.39. The van der Waals surface area contributed by atoms with Gasteiger partial charge in [-0.3, -0.25) is 10.1 Å². The highest BCUT2D eigenvalue weighted by Crippen LogP contribution is 2.47. The normalized spacial score (nSPS) is 24.8. The molecule has 116 valence electrons. The van der Waals surface area contributed by atoms with Crippen LogP contribution in [0.5, 0.6) is 0 Å². The van der Waals surface area contributed by atoms with E-state index in [1.807, 2.05) is 11.8 Å². The second-order valence-electron chi connectivity index (χ2n) is 6.12. The van der Waals surface area contributed by atoms with Crippen molar-refractivity contribution in [3.63, 3.8) is 0 Å². The van der Waals surface area contributed by atoms with Crippen LogP contribution in [0.4, 0.5) is 0 Å². The summed E-state index contributed by atoms with van der Waals surface area (Å²) in [5.41, 5.74) is -0.227. The summed E-state index contributed by atoms with van der Waals surface area (Å²) in [4.78, 5) is 17.5. The van der Waals surface area contributed by atoms with Crippen molar-refractivity contribution in [2.24, 2.45) is 0 Å². The topological polar surface area (TPSA) is 32.3 Å². The van der Waals surface area contributed by atoms with Gasteiger partial charge in [-0.1, -0.05) is 6.92 Å². The minimum Gasteiger partial charge on any atom is -0.318 e. The minimum atomic E-state index is -0.227. The maximum absolute atomic E-state index is 12.8. The average molecular weight is 325 g/mol. The Morgan fingerprint density at radius 2 is 2.29 bits per heavy atom. The maximum Gasteiger partial charge on any atom is 0.244 e. The monoisotopic (exact) mass is 324 g/mol. The summed E-state index contributed by atoms with van der Waals surface area (Å²) in [6.07, 6.45) is 3.16. The number of hydrogen-bond donors (Lipinski definition) is 1. The van der Waals surface area contributed by atoms with E-state index in [1.165, 1.54) is 9.75 Å². The molecular formula is C16H24N2OS2. The van der Waals surface area contributed by atoms with Crippen molar-refractivity contribution in [1.82, 2.24) is 10.2 Å². The van der Waals surface area contributed by atoms with Crippen LogP contribution >= 0.6 is 23.1 Å². The van der Waals surface area contributed by atoms with Gasteiger partial charge in [-0.05, 0) is 56.7 Å².